The summed E-state index contributed by atoms with van der Waals surface area (Å²) in [7, 11) is 0. The molecular formula is C23H14BrCl2N5O3. The van der Waals surface area contributed by atoms with Crippen molar-refractivity contribution in [1.82, 2.24) is 15.2 Å². The van der Waals surface area contributed by atoms with E-state index in [1.807, 2.05) is 30.3 Å². The van der Waals surface area contributed by atoms with E-state index in [1.165, 1.54) is 4.85 Å². The number of halogens is 3. The third kappa shape index (κ3) is 4.22. The summed E-state index contributed by atoms with van der Waals surface area (Å²) in [6.07, 6.45) is 0. The van der Waals surface area contributed by atoms with Crippen molar-refractivity contribution in [2.24, 2.45) is 0 Å². The fourth-order valence-electron chi connectivity index (χ4n) is 3.29. The maximum Gasteiger partial charge on any atom is 0.168 e. The third-order valence-electron chi connectivity index (χ3n) is 5.10. The van der Waals surface area contributed by atoms with E-state index in [4.69, 9.17) is 32.8 Å². The van der Waals surface area contributed by atoms with Gasteiger partial charge in [-0.15, -0.1) is 5.10 Å². The Bertz CT molecular complexity index is 1480. The molecule has 1 heterocycles. The first-order valence-corrected chi connectivity index (χ1v) is 11.3. The van der Waals surface area contributed by atoms with Crippen LogP contribution in [0.2, 0.25) is 10.0 Å². The Kier molecular flexibility index (Phi) is 6.54. The lowest BCUT2D eigenvalue weighted by Gasteiger charge is -2.32. The first kappa shape index (κ1) is 23.7. The highest BCUT2D eigenvalue weighted by atomic mass is 79.9. The zero-order chi connectivity index (χ0) is 24.5. The van der Waals surface area contributed by atoms with E-state index < -0.39 is 11.4 Å². The molecule has 0 saturated heterocycles. The number of nitriles is 2. The van der Waals surface area contributed by atoms with E-state index in [0.29, 0.717) is 16.6 Å². The highest BCUT2D eigenvalue weighted by Crippen LogP contribution is 2.46. The molecule has 0 bridgehead atoms. The number of para-hydroxylation sites is 1. The van der Waals surface area contributed by atoms with E-state index in [9.17, 15) is 15.6 Å². The molecule has 0 aliphatic carbocycles. The molecule has 1 unspecified atom stereocenters. The van der Waals surface area contributed by atoms with Crippen molar-refractivity contribution in [1.29, 1.82) is 10.5 Å². The van der Waals surface area contributed by atoms with Crippen molar-refractivity contribution < 1.29 is 14.7 Å². The van der Waals surface area contributed by atoms with Crippen LogP contribution in [0.15, 0.2) is 53.0 Å². The lowest BCUT2D eigenvalue weighted by atomic mass is 9.96. The number of rotatable bonds is 6. The Morgan fingerprint density at radius 2 is 1.74 bits per heavy atom. The maximum absolute atomic E-state index is 10.2. The second kappa shape index (κ2) is 9.40. The number of hydrogen-bond acceptors (Lipinski definition) is 7. The molecule has 1 atom stereocenters. The van der Waals surface area contributed by atoms with Gasteiger partial charge < -0.3 is 14.7 Å². The number of aromatic hydroxyl groups is 1. The fourth-order valence-corrected chi connectivity index (χ4v) is 3.96. The summed E-state index contributed by atoms with van der Waals surface area (Å²) in [5, 5.41) is 37.0. The SMILES string of the molecule is CC(COn1nnc2ccccc21)(Oc1c(Cl)c(Cl)c(O)c(C#N)c1C#N)c1ccc(Br)cc1. The molecule has 0 fully saturated rings. The summed E-state index contributed by atoms with van der Waals surface area (Å²) in [6.45, 7) is 1.63. The van der Waals surface area contributed by atoms with Crippen molar-refractivity contribution >= 4 is 50.2 Å². The van der Waals surface area contributed by atoms with Crippen LogP contribution in [0.4, 0.5) is 0 Å². The fraction of sp³-hybridized carbons (Fsp3) is 0.130. The standard InChI is InChI=1S/C23H14BrCl2N5O3/c1-23(13-6-8-14(24)9-7-13,12-33-31-18-5-3-2-4-17(18)29-30-31)34-22-16(11-28)15(10-27)21(32)19(25)20(22)26/h2-9,32H,12H2,1H3. The van der Waals surface area contributed by atoms with Crippen LogP contribution in [0, 0.1) is 22.7 Å². The Hall–Kier alpha value is -3.50. The summed E-state index contributed by atoms with van der Waals surface area (Å²) in [6, 6.07) is 18.2. The molecule has 0 amide bonds. The Balaban J connectivity index is 1.80. The second-order valence-electron chi connectivity index (χ2n) is 7.34. The van der Waals surface area contributed by atoms with E-state index in [1.54, 1.807) is 37.3 Å². The van der Waals surface area contributed by atoms with E-state index in [0.717, 1.165) is 4.47 Å². The molecule has 1 aromatic heterocycles. The zero-order valence-electron chi connectivity index (χ0n) is 17.5. The largest absolute Gasteiger partial charge is 0.505 e. The number of ether oxygens (including phenoxy) is 1. The molecule has 0 radical (unpaired) electrons. The van der Waals surface area contributed by atoms with Gasteiger partial charge in [0.1, 0.15) is 44.3 Å². The average molecular weight is 559 g/mol. The molecule has 11 heteroatoms. The van der Waals surface area contributed by atoms with Crippen molar-refractivity contribution in [2.75, 3.05) is 6.61 Å². The first-order chi connectivity index (χ1) is 16.3. The predicted octanol–water partition coefficient (Wildman–Crippen LogP) is 5.37. The number of fused-ring (bicyclic) bond motifs is 1. The van der Waals surface area contributed by atoms with Gasteiger partial charge in [0.25, 0.3) is 0 Å². The minimum atomic E-state index is -1.24. The van der Waals surface area contributed by atoms with Crippen molar-refractivity contribution in [3.63, 3.8) is 0 Å². The van der Waals surface area contributed by atoms with Gasteiger partial charge in [-0.05, 0) is 42.0 Å². The zero-order valence-corrected chi connectivity index (χ0v) is 20.6. The second-order valence-corrected chi connectivity index (χ2v) is 9.02. The Labute approximate surface area is 212 Å². The van der Waals surface area contributed by atoms with Gasteiger partial charge in [0.2, 0.25) is 0 Å². The van der Waals surface area contributed by atoms with Crippen molar-refractivity contribution in [3.8, 4) is 23.6 Å². The van der Waals surface area contributed by atoms with Crippen LogP contribution in [0.3, 0.4) is 0 Å². The molecular weight excluding hydrogens is 545 g/mol. The van der Waals surface area contributed by atoms with Gasteiger partial charge in [-0.1, -0.05) is 68.2 Å². The highest BCUT2D eigenvalue weighted by molar-refractivity contribution is 9.10. The molecule has 3 aromatic carbocycles. The summed E-state index contributed by atoms with van der Waals surface area (Å²) in [5.74, 6) is -0.741. The summed E-state index contributed by atoms with van der Waals surface area (Å²) < 4.78 is 7.11. The molecule has 4 rings (SSSR count). The van der Waals surface area contributed by atoms with Crippen LogP contribution in [0.5, 0.6) is 11.5 Å². The topological polar surface area (TPSA) is 117 Å². The predicted molar refractivity (Wildman–Crippen MR) is 129 cm³/mol. The average Bonchev–Trinajstić information content (AvgIpc) is 3.26. The number of benzene rings is 3. The molecule has 0 aliphatic heterocycles. The molecule has 34 heavy (non-hydrogen) atoms. The van der Waals surface area contributed by atoms with E-state index >= 15 is 0 Å². The van der Waals surface area contributed by atoms with Gasteiger partial charge in [-0.25, -0.2) is 0 Å². The lowest BCUT2D eigenvalue weighted by Crippen LogP contribution is -2.39. The number of aromatic nitrogens is 3. The van der Waals surface area contributed by atoms with Crippen LogP contribution >= 0.6 is 39.1 Å². The van der Waals surface area contributed by atoms with Gasteiger partial charge in [0.05, 0.1) is 0 Å². The Morgan fingerprint density at radius 3 is 2.41 bits per heavy atom. The van der Waals surface area contributed by atoms with Gasteiger partial charge in [0.15, 0.2) is 23.7 Å². The maximum atomic E-state index is 10.2. The van der Waals surface area contributed by atoms with Crippen molar-refractivity contribution in [2.45, 2.75) is 12.5 Å². The normalized spacial score (nSPS) is 12.5. The monoisotopic (exact) mass is 557 g/mol. The van der Waals surface area contributed by atoms with Crippen LogP contribution in [0.1, 0.15) is 23.6 Å². The minimum absolute atomic E-state index is 0.0937. The van der Waals surface area contributed by atoms with Gasteiger partial charge in [0, 0.05) is 4.47 Å². The van der Waals surface area contributed by atoms with Gasteiger partial charge in [-0.3, -0.25) is 0 Å². The Morgan fingerprint density at radius 1 is 1.06 bits per heavy atom. The third-order valence-corrected chi connectivity index (χ3v) is 6.46. The molecule has 1 N–H and O–H groups in total. The molecule has 170 valence electrons. The lowest BCUT2D eigenvalue weighted by molar-refractivity contribution is -0.0335. The van der Waals surface area contributed by atoms with Gasteiger partial charge >= 0.3 is 0 Å². The van der Waals surface area contributed by atoms with Crippen LogP contribution in [-0.2, 0) is 5.60 Å². The van der Waals surface area contributed by atoms with Crippen LogP contribution in [0.25, 0.3) is 11.0 Å². The number of phenolic OH excluding ortho intramolecular Hbond substituents is 1. The van der Waals surface area contributed by atoms with Crippen LogP contribution in [-0.4, -0.2) is 26.9 Å². The first-order valence-electron chi connectivity index (χ1n) is 9.72. The summed E-state index contributed by atoms with van der Waals surface area (Å²) in [5.41, 5.74) is 0.138. The number of hydrogen-bond donors (Lipinski definition) is 1. The number of phenols is 1. The van der Waals surface area contributed by atoms with E-state index in [-0.39, 0.29) is 33.5 Å². The molecule has 8 nitrogen and oxygen atoms in total. The minimum Gasteiger partial charge on any atom is -0.505 e. The number of nitrogens with zero attached hydrogens (tertiary/aromatic N) is 5. The van der Waals surface area contributed by atoms with E-state index in [2.05, 4.69) is 26.2 Å². The van der Waals surface area contributed by atoms with Crippen molar-refractivity contribution in [3.05, 3.63) is 79.7 Å². The van der Waals surface area contributed by atoms with Crippen LogP contribution < -0.4 is 9.57 Å². The smallest absolute Gasteiger partial charge is 0.168 e. The molecule has 0 aliphatic rings. The summed E-state index contributed by atoms with van der Waals surface area (Å²) >= 11 is 15.9. The molecule has 0 saturated carbocycles. The molecule has 0 spiro atoms. The highest BCUT2D eigenvalue weighted by Gasteiger charge is 2.35. The quantitative estimate of drug-likeness (QED) is 0.338. The molecule has 4 aromatic rings. The van der Waals surface area contributed by atoms with Gasteiger partial charge in [-0.2, -0.15) is 10.5 Å². The summed E-state index contributed by atoms with van der Waals surface area (Å²) in [4.78, 5) is 7.21.